The Bertz CT molecular complexity index is 115. The molecule has 1 unspecified atom stereocenters. The van der Waals surface area contributed by atoms with Crippen LogP contribution in [0, 0.1) is 0 Å². The SMILES string of the molecule is NC(N)CC(O)CC(=O)O. The van der Waals surface area contributed by atoms with Crippen LogP contribution < -0.4 is 11.5 Å². The Morgan fingerprint density at radius 1 is 1.50 bits per heavy atom. The summed E-state index contributed by atoms with van der Waals surface area (Å²) in [6.07, 6.45) is -1.76. The van der Waals surface area contributed by atoms with Crippen molar-refractivity contribution in [1.82, 2.24) is 0 Å². The third-order valence-electron chi connectivity index (χ3n) is 0.954. The molecule has 0 aliphatic carbocycles. The second-order valence-electron chi connectivity index (χ2n) is 2.15. The predicted molar refractivity (Wildman–Crippen MR) is 35.0 cm³/mol. The van der Waals surface area contributed by atoms with Crippen molar-refractivity contribution in [2.75, 3.05) is 0 Å². The van der Waals surface area contributed by atoms with Gasteiger partial charge < -0.3 is 21.7 Å². The Hall–Kier alpha value is -0.650. The van der Waals surface area contributed by atoms with E-state index in [1.807, 2.05) is 0 Å². The molecule has 5 nitrogen and oxygen atoms in total. The molecular formula is C5H12N2O3. The van der Waals surface area contributed by atoms with Crippen LogP contribution in [0.4, 0.5) is 0 Å². The second-order valence-corrected chi connectivity index (χ2v) is 2.15. The van der Waals surface area contributed by atoms with E-state index in [1.54, 1.807) is 0 Å². The van der Waals surface area contributed by atoms with E-state index in [1.165, 1.54) is 0 Å². The van der Waals surface area contributed by atoms with Gasteiger partial charge in [-0.15, -0.1) is 0 Å². The predicted octanol–water partition coefficient (Wildman–Crippen LogP) is -1.54. The van der Waals surface area contributed by atoms with Gasteiger partial charge in [-0.1, -0.05) is 0 Å². The van der Waals surface area contributed by atoms with Gasteiger partial charge in [-0.2, -0.15) is 0 Å². The van der Waals surface area contributed by atoms with Gasteiger partial charge in [0.1, 0.15) is 0 Å². The van der Waals surface area contributed by atoms with Crippen LogP contribution in [0.1, 0.15) is 12.8 Å². The van der Waals surface area contributed by atoms with Crippen LogP contribution in [0.15, 0.2) is 0 Å². The van der Waals surface area contributed by atoms with E-state index in [4.69, 9.17) is 21.7 Å². The lowest BCUT2D eigenvalue weighted by molar-refractivity contribution is -0.139. The molecule has 0 aromatic heterocycles. The minimum Gasteiger partial charge on any atom is -0.481 e. The number of aliphatic carboxylic acids is 1. The maximum absolute atomic E-state index is 9.95. The van der Waals surface area contributed by atoms with E-state index < -0.39 is 18.2 Å². The standard InChI is InChI=1S/C5H12N2O3/c6-4(7)1-3(8)2-5(9)10/h3-4,8H,1-2,6-7H2,(H,9,10). The largest absolute Gasteiger partial charge is 0.481 e. The summed E-state index contributed by atoms with van der Waals surface area (Å²) in [6, 6.07) is 0. The van der Waals surface area contributed by atoms with Crippen molar-refractivity contribution in [3.8, 4) is 0 Å². The van der Waals surface area contributed by atoms with Crippen LogP contribution in [0.2, 0.25) is 0 Å². The average Bonchev–Trinajstić information content (AvgIpc) is 1.58. The maximum atomic E-state index is 9.95. The third-order valence-corrected chi connectivity index (χ3v) is 0.954. The fraction of sp³-hybridized carbons (Fsp3) is 0.800. The van der Waals surface area contributed by atoms with Crippen LogP contribution in [0.5, 0.6) is 0 Å². The first-order chi connectivity index (χ1) is 4.52. The number of carboxylic acids is 1. The van der Waals surface area contributed by atoms with Gasteiger partial charge in [0, 0.05) is 6.42 Å². The first kappa shape index (κ1) is 9.35. The second kappa shape index (κ2) is 4.21. The molecule has 0 rings (SSSR count). The molecule has 0 radical (unpaired) electrons. The highest BCUT2D eigenvalue weighted by Crippen LogP contribution is 1.97. The Morgan fingerprint density at radius 3 is 2.30 bits per heavy atom. The van der Waals surface area contributed by atoms with Crippen LogP contribution in [0.25, 0.3) is 0 Å². The molecule has 6 N–H and O–H groups in total. The van der Waals surface area contributed by atoms with Crippen LogP contribution >= 0.6 is 0 Å². The Morgan fingerprint density at radius 2 is 2.00 bits per heavy atom. The van der Waals surface area contributed by atoms with Crippen molar-refractivity contribution in [3.63, 3.8) is 0 Å². The smallest absolute Gasteiger partial charge is 0.305 e. The Labute approximate surface area is 58.6 Å². The van der Waals surface area contributed by atoms with Gasteiger partial charge in [-0.05, 0) is 0 Å². The van der Waals surface area contributed by atoms with Crippen LogP contribution in [0.3, 0.4) is 0 Å². The molecule has 0 saturated heterocycles. The zero-order chi connectivity index (χ0) is 8.15. The van der Waals surface area contributed by atoms with Gasteiger partial charge in [0.15, 0.2) is 0 Å². The summed E-state index contributed by atoms with van der Waals surface area (Å²) < 4.78 is 0. The van der Waals surface area contributed by atoms with Gasteiger partial charge in [-0.3, -0.25) is 4.79 Å². The minimum atomic E-state index is -1.05. The molecular weight excluding hydrogens is 136 g/mol. The van der Waals surface area contributed by atoms with Crippen molar-refractivity contribution in [2.24, 2.45) is 11.5 Å². The fourth-order valence-electron chi connectivity index (χ4n) is 0.599. The summed E-state index contributed by atoms with van der Waals surface area (Å²) in [5, 5.41) is 17.0. The molecule has 0 bridgehead atoms. The van der Waals surface area contributed by atoms with Crippen molar-refractivity contribution >= 4 is 5.97 Å². The summed E-state index contributed by atoms with van der Waals surface area (Å²) >= 11 is 0. The number of aliphatic hydroxyl groups is 1. The molecule has 0 aromatic rings. The molecule has 0 spiro atoms. The molecule has 0 saturated carbocycles. The third kappa shape index (κ3) is 5.49. The van der Waals surface area contributed by atoms with Crippen molar-refractivity contribution in [3.05, 3.63) is 0 Å². The van der Waals surface area contributed by atoms with Crippen molar-refractivity contribution < 1.29 is 15.0 Å². The molecule has 0 aromatic carbocycles. The number of hydrogen-bond donors (Lipinski definition) is 4. The molecule has 1 atom stereocenters. The van der Waals surface area contributed by atoms with Gasteiger partial charge in [0.2, 0.25) is 0 Å². The molecule has 10 heavy (non-hydrogen) atoms. The summed E-state index contributed by atoms with van der Waals surface area (Å²) in [5.41, 5.74) is 10.2. The zero-order valence-corrected chi connectivity index (χ0v) is 5.53. The van der Waals surface area contributed by atoms with Gasteiger partial charge >= 0.3 is 5.97 Å². The van der Waals surface area contributed by atoms with Gasteiger partial charge in [-0.25, -0.2) is 0 Å². The number of rotatable bonds is 4. The van der Waals surface area contributed by atoms with Gasteiger partial charge in [0.05, 0.1) is 18.7 Å². The number of carboxylic acid groups (broad SMARTS) is 1. The number of aliphatic hydroxyl groups excluding tert-OH is 1. The molecule has 60 valence electrons. The summed E-state index contributed by atoms with van der Waals surface area (Å²) in [4.78, 5) is 9.95. The first-order valence-electron chi connectivity index (χ1n) is 2.93. The fourth-order valence-corrected chi connectivity index (χ4v) is 0.599. The first-order valence-corrected chi connectivity index (χ1v) is 2.93. The highest BCUT2D eigenvalue weighted by Gasteiger charge is 2.10. The molecule has 0 aliphatic rings. The normalized spacial score (nSPS) is 13.6. The summed E-state index contributed by atoms with van der Waals surface area (Å²) in [7, 11) is 0. The van der Waals surface area contributed by atoms with Crippen LogP contribution in [-0.2, 0) is 4.79 Å². The number of nitrogens with two attached hydrogens (primary N) is 2. The van der Waals surface area contributed by atoms with Crippen LogP contribution in [-0.4, -0.2) is 28.5 Å². The Balaban J connectivity index is 3.43. The molecule has 0 fully saturated rings. The average molecular weight is 148 g/mol. The molecule has 0 amide bonds. The number of carbonyl (C=O) groups is 1. The summed E-state index contributed by atoms with van der Waals surface area (Å²) in [6.45, 7) is 0. The maximum Gasteiger partial charge on any atom is 0.305 e. The lowest BCUT2D eigenvalue weighted by Gasteiger charge is -2.09. The van der Waals surface area contributed by atoms with Crippen molar-refractivity contribution in [1.29, 1.82) is 0 Å². The van der Waals surface area contributed by atoms with Gasteiger partial charge in [0.25, 0.3) is 0 Å². The van der Waals surface area contributed by atoms with E-state index in [0.717, 1.165) is 0 Å². The topological polar surface area (TPSA) is 110 Å². The Kier molecular flexibility index (Phi) is 3.94. The van der Waals surface area contributed by atoms with E-state index in [-0.39, 0.29) is 12.8 Å². The zero-order valence-electron chi connectivity index (χ0n) is 5.53. The highest BCUT2D eigenvalue weighted by atomic mass is 16.4. The minimum absolute atomic E-state index is 0.117. The quantitative estimate of drug-likeness (QED) is 0.361. The molecule has 0 aliphatic heterocycles. The lowest BCUT2D eigenvalue weighted by Crippen LogP contribution is -2.35. The molecule has 5 heteroatoms. The number of hydrogen-bond acceptors (Lipinski definition) is 4. The monoisotopic (exact) mass is 148 g/mol. The lowest BCUT2D eigenvalue weighted by atomic mass is 10.1. The summed E-state index contributed by atoms with van der Waals surface area (Å²) in [5.74, 6) is -1.05. The van der Waals surface area contributed by atoms with Crippen molar-refractivity contribution in [2.45, 2.75) is 25.1 Å². The van der Waals surface area contributed by atoms with E-state index in [0.29, 0.717) is 0 Å². The molecule has 0 heterocycles. The highest BCUT2D eigenvalue weighted by molar-refractivity contribution is 5.67. The van der Waals surface area contributed by atoms with E-state index in [9.17, 15) is 4.79 Å². The van der Waals surface area contributed by atoms with E-state index >= 15 is 0 Å². The van der Waals surface area contributed by atoms with E-state index in [2.05, 4.69) is 0 Å².